The van der Waals surface area contributed by atoms with Crippen LogP contribution in [0.4, 0.5) is 0 Å². The molecule has 0 spiro atoms. The molecule has 3 heteroatoms. The van der Waals surface area contributed by atoms with E-state index in [2.05, 4.69) is 0 Å². The molecule has 1 saturated carbocycles. The summed E-state index contributed by atoms with van der Waals surface area (Å²) < 4.78 is 5.59. The van der Waals surface area contributed by atoms with E-state index in [1.807, 2.05) is 12.1 Å². The number of benzene rings is 1. The molecule has 1 aliphatic heterocycles. The molecule has 17 heavy (non-hydrogen) atoms. The third-order valence-electron chi connectivity index (χ3n) is 3.54. The summed E-state index contributed by atoms with van der Waals surface area (Å²) in [6, 6.07) is 5.63. The van der Waals surface area contributed by atoms with Gasteiger partial charge in [-0.25, -0.2) is 0 Å². The van der Waals surface area contributed by atoms with E-state index in [1.54, 1.807) is 6.07 Å². The van der Waals surface area contributed by atoms with Crippen molar-refractivity contribution in [2.45, 2.75) is 31.8 Å². The lowest BCUT2D eigenvalue weighted by atomic mass is 9.96. The van der Waals surface area contributed by atoms with Crippen LogP contribution in [0.5, 0.6) is 5.75 Å². The predicted molar refractivity (Wildman–Crippen MR) is 63.3 cm³/mol. The van der Waals surface area contributed by atoms with E-state index in [4.69, 9.17) is 4.74 Å². The summed E-state index contributed by atoms with van der Waals surface area (Å²) in [6.45, 7) is 0.664. The molecule has 1 heterocycles. The topological polar surface area (TPSA) is 46.5 Å². The first-order valence-corrected chi connectivity index (χ1v) is 6.24. The zero-order chi connectivity index (χ0) is 11.8. The van der Waals surface area contributed by atoms with Crippen molar-refractivity contribution in [3.05, 3.63) is 29.3 Å². The molecule has 1 aromatic carbocycles. The minimum absolute atomic E-state index is 0.168. The molecular weight excluding hydrogens is 216 g/mol. The Morgan fingerprint density at radius 2 is 2.24 bits per heavy atom. The van der Waals surface area contributed by atoms with Crippen LogP contribution in [-0.4, -0.2) is 23.6 Å². The van der Waals surface area contributed by atoms with Crippen LogP contribution in [0.3, 0.4) is 0 Å². The lowest BCUT2D eigenvalue weighted by Crippen LogP contribution is -2.24. The second-order valence-electron chi connectivity index (χ2n) is 4.89. The molecule has 1 fully saturated rings. The van der Waals surface area contributed by atoms with Crippen LogP contribution in [0, 0.1) is 5.92 Å². The second kappa shape index (κ2) is 4.15. The van der Waals surface area contributed by atoms with E-state index in [0.717, 1.165) is 31.2 Å². The number of fused-ring (bicyclic) bond motifs is 1. The number of aryl methyl sites for hydroxylation is 1. The molecule has 0 aromatic heterocycles. The Morgan fingerprint density at radius 3 is 3.00 bits per heavy atom. The number of hydrogen-bond donors (Lipinski definition) is 1. The monoisotopic (exact) mass is 232 g/mol. The first kappa shape index (κ1) is 10.8. The van der Waals surface area contributed by atoms with Gasteiger partial charge in [0, 0.05) is 0 Å². The molecule has 90 valence electrons. The smallest absolute Gasteiger partial charge is 0.195 e. The van der Waals surface area contributed by atoms with E-state index >= 15 is 0 Å². The highest BCUT2D eigenvalue weighted by molar-refractivity contribution is 6.02. The van der Waals surface area contributed by atoms with Crippen molar-refractivity contribution >= 4 is 5.78 Å². The average Bonchev–Trinajstić information content (AvgIpc) is 3.20. The third kappa shape index (κ3) is 1.95. The van der Waals surface area contributed by atoms with Crippen molar-refractivity contribution in [1.29, 1.82) is 0 Å². The first-order valence-electron chi connectivity index (χ1n) is 6.24. The standard InChI is InChI=1S/C14H16O3/c15-12(9-6-7-9)13(16)11-5-1-3-10-4-2-8-17-14(10)11/h1,3,5,9,12,15H,2,4,6-8H2. The molecule has 1 atom stereocenters. The molecule has 1 aromatic rings. The molecular formula is C14H16O3. The maximum atomic E-state index is 12.2. The lowest BCUT2D eigenvalue weighted by molar-refractivity contribution is 0.0699. The predicted octanol–water partition coefficient (Wildman–Crippen LogP) is 1.97. The fraction of sp³-hybridized carbons (Fsp3) is 0.500. The van der Waals surface area contributed by atoms with Gasteiger partial charge in [-0.05, 0) is 43.2 Å². The zero-order valence-corrected chi connectivity index (χ0v) is 9.69. The number of Topliss-reactive ketones (excluding diaryl/α,β-unsaturated/α-hetero) is 1. The number of aliphatic hydroxyl groups is 1. The molecule has 0 amide bonds. The van der Waals surface area contributed by atoms with E-state index in [1.165, 1.54) is 0 Å². The van der Waals surface area contributed by atoms with Crippen molar-refractivity contribution in [2.75, 3.05) is 6.61 Å². The SMILES string of the molecule is O=C(c1cccc2c1OCCC2)C(O)C1CC1. The van der Waals surface area contributed by atoms with Crippen LogP contribution in [-0.2, 0) is 6.42 Å². The van der Waals surface area contributed by atoms with Crippen molar-refractivity contribution in [3.8, 4) is 5.75 Å². The largest absolute Gasteiger partial charge is 0.493 e. The number of ether oxygens (including phenoxy) is 1. The van der Waals surface area contributed by atoms with Gasteiger partial charge in [-0.15, -0.1) is 0 Å². The van der Waals surface area contributed by atoms with Gasteiger partial charge in [0.15, 0.2) is 5.78 Å². The summed E-state index contributed by atoms with van der Waals surface area (Å²) in [5.74, 6) is 0.691. The van der Waals surface area contributed by atoms with Gasteiger partial charge in [0.05, 0.1) is 12.2 Å². The first-order chi connectivity index (χ1) is 8.27. The number of hydrogen-bond acceptors (Lipinski definition) is 3. The van der Waals surface area contributed by atoms with Crippen LogP contribution < -0.4 is 4.74 Å². The third-order valence-corrected chi connectivity index (χ3v) is 3.54. The Hall–Kier alpha value is -1.35. The highest BCUT2D eigenvalue weighted by Crippen LogP contribution is 2.36. The van der Waals surface area contributed by atoms with Gasteiger partial charge in [0.1, 0.15) is 11.9 Å². The molecule has 3 rings (SSSR count). The van der Waals surface area contributed by atoms with Gasteiger partial charge in [-0.3, -0.25) is 4.79 Å². The number of rotatable bonds is 3. The Balaban J connectivity index is 1.93. The van der Waals surface area contributed by atoms with Gasteiger partial charge >= 0.3 is 0 Å². The number of aliphatic hydroxyl groups excluding tert-OH is 1. The maximum Gasteiger partial charge on any atom is 0.195 e. The normalized spacial score (nSPS) is 20.3. The van der Waals surface area contributed by atoms with Crippen LogP contribution in [0.1, 0.15) is 35.2 Å². The fourth-order valence-electron chi connectivity index (χ4n) is 2.37. The molecule has 1 unspecified atom stereocenters. The van der Waals surface area contributed by atoms with Crippen LogP contribution >= 0.6 is 0 Å². The number of carbonyl (C=O) groups is 1. The molecule has 0 bridgehead atoms. The van der Waals surface area contributed by atoms with Crippen LogP contribution in [0.25, 0.3) is 0 Å². The van der Waals surface area contributed by atoms with Crippen LogP contribution in [0.15, 0.2) is 18.2 Å². The summed E-state index contributed by atoms with van der Waals surface area (Å²) in [4.78, 5) is 12.2. The zero-order valence-electron chi connectivity index (χ0n) is 9.69. The van der Waals surface area contributed by atoms with Gasteiger partial charge in [0.2, 0.25) is 0 Å². The van der Waals surface area contributed by atoms with Gasteiger partial charge in [0.25, 0.3) is 0 Å². The Morgan fingerprint density at radius 1 is 1.41 bits per heavy atom. The lowest BCUT2D eigenvalue weighted by Gasteiger charge is -2.20. The van der Waals surface area contributed by atoms with Crippen molar-refractivity contribution < 1.29 is 14.6 Å². The number of ketones is 1. The molecule has 0 radical (unpaired) electrons. The summed E-state index contributed by atoms with van der Waals surface area (Å²) in [5, 5.41) is 9.91. The molecule has 2 aliphatic rings. The van der Waals surface area contributed by atoms with Crippen molar-refractivity contribution in [2.24, 2.45) is 5.92 Å². The average molecular weight is 232 g/mol. The Labute approximate surface area is 100 Å². The van der Waals surface area contributed by atoms with Gasteiger partial charge in [-0.2, -0.15) is 0 Å². The summed E-state index contributed by atoms with van der Waals surface area (Å²) in [5.41, 5.74) is 1.65. The summed E-state index contributed by atoms with van der Waals surface area (Å²) in [6.07, 6.45) is 3.03. The molecule has 0 saturated heterocycles. The summed E-state index contributed by atoms with van der Waals surface area (Å²) >= 11 is 0. The highest BCUT2D eigenvalue weighted by Gasteiger charge is 2.36. The van der Waals surface area contributed by atoms with Crippen molar-refractivity contribution in [1.82, 2.24) is 0 Å². The minimum Gasteiger partial charge on any atom is -0.493 e. The van der Waals surface area contributed by atoms with E-state index in [9.17, 15) is 9.90 Å². The Bertz CT molecular complexity index is 449. The molecule has 3 nitrogen and oxygen atoms in total. The molecule has 1 aliphatic carbocycles. The summed E-state index contributed by atoms with van der Waals surface area (Å²) in [7, 11) is 0. The number of para-hydroxylation sites is 1. The minimum atomic E-state index is -0.841. The number of carbonyl (C=O) groups excluding carboxylic acids is 1. The van der Waals surface area contributed by atoms with E-state index in [0.29, 0.717) is 17.9 Å². The van der Waals surface area contributed by atoms with Crippen molar-refractivity contribution in [3.63, 3.8) is 0 Å². The highest BCUT2D eigenvalue weighted by atomic mass is 16.5. The molecule has 1 N–H and O–H groups in total. The second-order valence-corrected chi connectivity index (χ2v) is 4.89. The van der Waals surface area contributed by atoms with Gasteiger partial charge in [-0.1, -0.05) is 12.1 Å². The van der Waals surface area contributed by atoms with Crippen LogP contribution in [0.2, 0.25) is 0 Å². The maximum absolute atomic E-state index is 12.2. The van der Waals surface area contributed by atoms with Gasteiger partial charge < -0.3 is 9.84 Å². The quantitative estimate of drug-likeness (QED) is 0.810. The van der Waals surface area contributed by atoms with E-state index < -0.39 is 6.10 Å². The van der Waals surface area contributed by atoms with E-state index in [-0.39, 0.29) is 11.7 Å². The fourth-order valence-corrected chi connectivity index (χ4v) is 2.37. The Kier molecular flexibility index (Phi) is 2.63.